The molecule has 1 aliphatic heterocycles. The quantitative estimate of drug-likeness (QED) is 0.898. The van der Waals surface area contributed by atoms with E-state index >= 15 is 0 Å². The Morgan fingerprint density at radius 3 is 2.80 bits per heavy atom. The normalized spacial score (nSPS) is 14.8. The van der Waals surface area contributed by atoms with Crippen molar-refractivity contribution in [3.05, 3.63) is 46.8 Å². The van der Waals surface area contributed by atoms with Gasteiger partial charge in [-0.1, -0.05) is 0 Å². The number of aryl methyl sites for hydroxylation is 1. The minimum atomic E-state index is -2.56. The van der Waals surface area contributed by atoms with Crippen molar-refractivity contribution < 1.29 is 18.3 Å². The van der Waals surface area contributed by atoms with Crippen molar-refractivity contribution in [2.24, 2.45) is 0 Å². The lowest BCUT2D eigenvalue weighted by atomic mass is 10.1. The predicted octanol–water partition coefficient (Wildman–Crippen LogP) is 2.73. The fourth-order valence-electron chi connectivity index (χ4n) is 2.87. The van der Waals surface area contributed by atoms with Gasteiger partial charge in [0.1, 0.15) is 5.82 Å². The zero-order chi connectivity index (χ0) is 18.1. The molecule has 6 nitrogen and oxygen atoms in total. The minimum absolute atomic E-state index is 0.118. The van der Waals surface area contributed by atoms with Crippen LogP contribution in [0.5, 0.6) is 5.88 Å². The maximum Gasteiger partial charge on any atom is 0.272 e. The number of aromatic nitrogens is 2. The second-order valence-electron chi connectivity index (χ2n) is 5.92. The molecule has 2 N–H and O–H groups in total. The molecule has 2 aromatic rings. The highest BCUT2D eigenvalue weighted by Crippen LogP contribution is 2.33. The van der Waals surface area contributed by atoms with Gasteiger partial charge < -0.3 is 15.4 Å². The zero-order valence-electron chi connectivity index (χ0n) is 13.9. The Morgan fingerprint density at radius 2 is 2.16 bits per heavy atom. The van der Waals surface area contributed by atoms with Crippen LogP contribution in [0.15, 0.2) is 24.5 Å². The van der Waals surface area contributed by atoms with Crippen LogP contribution in [-0.2, 0) is 6.54 Å². The number of ether oxygens (including phenoxy) is 1. The molecule has 0 saturated carbocycles. The molecule has 0 aromatic carbocycles. The molecule has 132 valence electrons. The summed E-state index contributed by atoms with van der Waals surface area (Å²) in [6.07, 6.45) is 0.497. The van der Waals surface area contributed by atoms with Crippen molar-refractivity contribution in [1.29, 1.82) is 0 Å². The van der Waals surface area contributed by atoms with E-state index in [4.69, 9.17) is 10.5 Å². The Balaban J connectivity index is 1.80. The average molecular weight is 348 g/mol. The van der Waals surface area contributed by atoms with Gasteiger partial charge in [0.15, 0.2) is 6.61 Å². The van der Waals surface area contributed by atoms with E-state index in [0.29, 0.717) is 23.5 Å². The molecule has 0 radical (unpaired) electrons. The third-order valence-corrected chi connectivity index (χ3v) is 4.26. The van der Waals surface area contributed by atoms with Crippen LogP contribution in [0.3, 0.4) is 0 Å². The van der Waals surface area contributed by atoms with Crippen molar-refractivity contribution in [1.82, 2.24) is 14.9 Å². The summed E-state index contributed by atoms with van der Waals surface area (Å²) in [5.41, 5.74) is 8.56. The van der Waals surface area contributed by atoms with Gasteiger partial charge in [0, 0.05) is 29.1 Å². The fourth-order valence-corrected chi connectivity index (χ4v) is 2.87. The van der Waals surface area contributed by atoms with Crippen molar-refractivity contribution in [2.45, 2.75) is 32.9 Å². The number of fused-ring (bicyclic) bond motifs is 1. The van der Waals surface area contributed by atoms with Crippen molar-refractivity contribution in [2.75, 3.05) is 12.3 Å². The number of hydrogen-bond donors (Lipinski definition) is 1. The van der Waals surface area contributed by atoms with Gasteiger partial charge in [0.25, 0.3) is 12.3 Å². The lowest BCUT2D eigenvalue weighted by molar-refractivity contribution is 0.0713. The predicted molar refractivity (Wildman–Crippen MR) is 87.4 cm³/mol. The molecule has 8 heteroatoms. The SMILES string of the molecule is Cc1cc(C(C)N2Cc3c(ccnc3N)C2=O)cnc1OCC(F)F. The lowest BCUT2D eigenvalue weighted by Crippen LogP contribution is -2.27. The third-order valence-electron chi connectivity index (χ3n) is 4.26. The summed E-state index contributed by atoms with van der Waals surface area (Å²) in [6, 6.07) is 3.19. The van der Waals surface area contributed by atoms with Gasteiger partial charge in [-0.15, -0.1) is 0 Å². The van der Waals surface area contributed by atoms with Crippen molar-refractivity contribution >= 4 is 11.7 Å². The Morgan fingerprint density at radius 1 is 1.40 bits per heavy atom. The van der Waals surface area contributed by atoms with E-state index in [9.17, 15) is 13.6 Å². The highest BCUT2D eigenvalue weighted by molar-refractivity contribution is 5.99. The number of nitrogens with two attached hydrogens (primary N) is 1. The number of anilines is 1. The number of nitrogen functional groups attached to an aromatic ring is 1. The van der Waals surface area contributed by atoms with Crippen LogP contribution in [0.4, 0.5) is 14.6 Å². The van der Waals surface area contributed by atoms with E-state index in [0.717, 1.165) is 11.1 Å². The molecule has 1 atom stereocenters. The van der Waals surface area contributed by atoms with Gasteiger partial charge >= 0.3 is 0 Å². The first kappa shape index (κ1) is 17.1. The molecule has 1 amide bonds. The lowest BCUT2D eigenvalue weighted by Gasteiger charge is -2.25. The molecule has 0 saturated heterocycles. The molecule has 25 heavy (non-hydrogen) atoms. The first-order chi connectivity index (χ1) is 11.9. The maximum atomic E-state index is 12.6. The van der Waals surface area contributed by atoms with Crippen LogP contribution in [0.25, 0.3) is 0 Å². The summed E-state index contributed by atoms with van der Waals surface area (Å²) >= 11 is 0. The zero-order valence-corrected chi connectivity index (χ0v) is 13.9. The highest BCUT2D eigenvalue weighted by atomic mass is 19.3. The fraction of sp³-hybridized carbons (Fsp3) is 0.353. The van der Waals surface area contributed by atoms with Crippen LogP contribution in [0.2, 0.25) is 0 Å². The molecule has 0 bridgehead atoms. The second kappa shape index (κ2) is 6.62. The van der Waals surface area contributed by atoms with Crippen LogP contribution in [0, 0.1) is 6.92 Å². The van der Waals surface area contributed by atoms with Crippen LogP contribution >= 0.6 is 0 Å². The number of carbonyl (C=O) groups excluding carboxylic acids is 1. The monoisotopic (exact) mass is 348 g/mol. The molecule has 3 rings (SSSR count). The van der Waals surface area contributed by atoms with E-state index in [1.54, 1.807) is 24.0 Å². The van der Waals surface area contributed by atoms with Gasteiger partial charge in [0.2, 0.25) is 5.88 Å². The van der Waals surface area contributed by atoms with Gasteiger partial charge in [-0.05, 0) is 31.5 Å². The number of alkyl halides is 2. The Bertz CT molecular complexity index is 813. The smallest absolute Gasteiger partial charge is 0.272 e. The Labute approximate surface area is 143 Å². The third kappa shape index (κ3) is 3.24. The molecule has 2 aromatic heterocycles. The summed E-state index contributed by atoms with van der Waals surface area (Å²) in [5, 5.41) is 0. The number of hydrogen-bond acceptors (Lipinski definition) is 5. The minimum Gasteiger partial charge on any atom is -0.471 e. The molecule has 0 aliphatic carbocycles. The first-order valence-electron chi connectivity index (χ1n) is 7.80. The summed E-state index contributed by atoms with van der Waals surface area (Å²) in [4.78, 5) is 22.4. The van der Waals surface area contributed by atoms with Crippen molar-refractivity contribution in [3.63, 3.8) is 0 Å². The highest BCUT2D eigenvalue weighted by Gasteiger charge is 2.33. The molecular weight excluding hydrogens is 330 g/mol. The number of rotatable bonds is 5. The molecular formula is C17H18F2N4O2. The molecule has 1 unspecified atom stereocenters. The maximum absolute atomic E-state index is 12.6. The van der Waals surface area contributed by atoms with Gasteiger partial charge in [-0.2, -0.15) is 0 Å². The van der Waals surface area contributed by atoms with Crippen LogP contribution < -0.4 is 10.5 Å². The molecule has 3 heterocycles. The van der Waals surface area contributed by atoms with Gasteiger partial charge in [-0.25, -0.2) is 18.7 Å². The summed E-state index contributed by atoms with van der Waals surface area (Å²) in [5.74, 6) is 0.401. The van der Waals surface area contributed by atoms with E-state index in [2.05, 4.69) is 9.97 Å². The largest absolute Gasteiger partial charge is 0.471 e. The summed E-state index contributed by atoms with van der Waals surface area (Å²) < 4.78 is 29.5. The Hall–Kier alpha value is -2.77. The van der Waals surface area contributed by atoms with Crippen LogP contribution in [0.1, 0.15) is 40.0 Å². The number of nitrogens with zero attached hydrogens (tertiary/aromatic N) is 3. The van der Waals surface area contributed by atoms with E-state index in [1.165, 1.54) is 12.4 Å². The number of pyridine rings is 2. The number of amides is 1. The van der Waals surface area contributed by atoms with Gasteiger partial charge in [0.05, 0.1) is 12.6 Å². The topological polar surface area (TPSA) is 81.3 Å². The van der Waals surface area contributed by atoms with E-state index < -0.39 is 13.0 Å². The summed E-state index contributed by atoms with van der Waals surface area (Å²) in [7, 11) is 0. The second-order valence-corrected chi connectivity index (χ2v) is 5.92. The summed E-state index contributed by atoms with van der Waals surface area (Å²) in [6.45, 7) is 3.28. The molecule has 1 aliphatic rings. The van der Waals surface area contributed by atoms with Crippen LogP contribution in [-0.4, -0.2) is 33.8 Å². The first-order valence-corrected chi connectivity index (χ1v) is 7.80. The average Bonchev–Trinajstić information content (AvgIpc) is 2.91. The van der Waals surface area contributed by atoms with E-state index in [-0.39, 0.29) is 17.8 Å². The molecule has 0 fully saturated rings. The number of halogens is 2. The van der Waals surface area contributed by atoms with Crippen molar-refractivity contribution in [3.8, 4) is 5.88 Å². The van der Waals surface area contributed by atoms with E-state index in [1.807, 2.05) is 6.92 Å². The molecule has 0 spiro atoms. The standard InChI is InChI=1S/C17H18F2N4O2/c1-9-5-11(6-22-16(9)25-8-14(18)19)10(2)23-7-13-12(17(23)24)3-4-21-15(13)20/h3-6,10,14H,7-8H2,1-2H3,(H2,20,21). The van der Waals surface area contributed by atoms with Gasteiger partial charge in [-0.3, -0.25) is 4.79 Å². The number of carbonyl (C=O) groups is 1. The Kier molecular flexibility index (Phi) is 4.52.